The number of para-hydroxylation sites is 1. The van der Waals surface area contributed by atoms with E-state index in [1.54, 1.807) is 0 Å². The van der Waals surface area contributed by atoms with Crippen LogP contribution in [0.25, 0.3) is 0 Å². The molecule has 0 spiro atoms. The quantitative estimate of drug-likeness (QED) is 0.929. The fraction of sp³-hybridized carbons (Fsp3) is 0.438. The summed E-state index contributed by atoms with van der Waals surface area (Å²) in [4.78, 5) is 0. The Bertz CT molecular complexity index is 617. The Morgan fingerprint density at radius 3 is 2.90 bits per heavy atom. The van der Waals surface area contributed by atoms with E-state index in [1.807, 2.05) is 13.0 Å². The summed E-state index contributed by atoms with van der Waals surface area (Å²) in [5, 5.41) is 7.25. The van der Waals surface area contributed by atoms with Crippen LogP contribution in [-0.2, 0) is 19.5 Å². The number of aromatic nitrogens is 1. The number of benzene rings is 1. The molecule has 0 radical (unpaired) electrons. The van der Waals surface area contributed by atoms with Crippen LogP contribution in [0, 0.1) is 6.92 Å². The highest BCUT2D eigenvalue weighted by molar-refractivity contribution is 5.45. The van der Waals surface area contributed by atoms with Crippen molar-refractivity contribution in [3.8, 4) is 5.75 Å². The van der Waals surface area contributed by atoms with Gasteiger partial charge in [0.1, 0.15) is 11.4 Å². The molecule has 0 fully saturated rings. The molecular weight excluding hydrogens is 252 g/mol. The second-order valence-corrected chi connectivity index (χ2v) is 5.98. The molecule has 2 aromatic rings. The minimum absolute atomic E-state index is 0.0967. The fourth-order valence-corrected chi connectivity index (χ4v) is 2.64. The average Bonchev–Trinajstić information content (AvgIpc) is 2.91. The number of nitrogens with one attached hydrogen (secondary N) is 1. The Hall–Kier alpha value is -1.81. The lowest BCUT2D eigenvalue weighted by Crippen LogP contribution is -2.25. The van der Waals surface area contributed by atoms with Crippen molar-refractivity contribution in [2.75, 3.05) is 0 Å². The molecule has 106 valence electrons. The van der Waals surface area contributed by atoms with Crippen LogP contribution < -0.4 is 10.1 Å². The summed E-state index contributed by atoms with van der Waals surface area (Å²) in [6, 6.07) is 8.30. The molecular formula is C16H20N2O2. The second kappa shape index (κ2) is 4.94. The predicted octanol–water partition coefficient (Wildman–Crippen LogP) is 2.99. The molecule has 0 aliphatic carbocycles. The average molecular weight is 272 g/mol. The monoisotopic (exact) mass is 272 g/mol. The van der Waals surface area contributed by atoms with Crippen LogP contribution in [0.3, 0.4) is 0 Å². The van der Waals surface area contributed by atoms with E-state index in [9.17, 15) is 0 Å². The highest BCUT2D eigenvalue weighted by atomic mass is 16.5. The summed E-state index contributed by atoms with van der Waals surface area (Å²) >= 11 is 0. The minimum atomic E-state index is -0.0967. The smallest absolute Gasteiger partial charge is 0.150 e. The molecule has 0 bridgehead atoms. The Labute approximate surface area is 119 Å². The van der Waals surface area contributed by atoms with Crippen molar-refractivity contribution in [1.29, 1.82) is 0 Å². The number of rotatable bonds is 4. The summed E-state index contributed by atoms with van der Waals surface area (Å²) in [6.45, 7) is 7.61. The van der Waals surface area contributed by atoms with Gasteiger partial charge in [0.25, 0.3) is 0 Å². The van der Waals surface area contributed by atoms with Crippen molar-refractivity contribution in [2.24, 2.45) is 0 Å². The van der Waals surface area contributed by atoms with Crippen LogP contribution in [0.2, 0.25) is 0 Å². The third-order valence-electron chi connectivity index (χ3n) is 3.46. The van der Waals surface area contributed by atoms with E-state index < -0.39 is 0 Å². The Morgan fingerprint density at radius 1 is 1.30 bits per heavy atom. The van der Waals surface area contributed by atoms with E-state index in [2.05, 4.69) is 42.5 Å². The molecule has 0 atom stereocenters. The largest absolute Gasteiger partial charge is 0.487 e. The molecule has 1 aromatic heterocycles. The van der Waals surface area contributed by atoms with E-state index in [0.29, 0.717) is 6.54 Å². The van der Waals surface area contributed by atoms with Gasteiger partial charge < -0.3 is 14.6 Å². The molecule has 0 saturated carbocycles. The van der Waals surface area contributed by atoms with Crippen LogP contribution in [0.5, 0.6) is 5.75 Å². The first-order valence-corrected chi connectivity index (χ1v) is 6.96. The lowest BCUT2D eigenvalue weighted by molar-refractivity contribution is 0.137. The number of hydrogen-bond acceptors (Lipinski definition) is 4. The molecule has 20 heavy (non-hydrogen) atoms. The first-order chi connectivity index (χ1) is 9.53. The van der Waals surface area contributed by atoms with Crippen molar-refractivity contribution in [3.05, 3.63) is 46.8 Å². The minimum Gasteiger partial charge on any atom is -0.487 e. The first kappa shape index (κ1) is 13.2. The van der Waals surface area contributed by atoms with Gasteiger partial charge in [0, 0.05) is 24.6 Å². The van der Waals surface area contributed by atoms with Gasteiger partial charge in [-0.3, -0.25) is 0 Å². The van der Waals surface area contributed by atoms with E-state index >= 15 is 0 Å². The molecule has 0 amide bonds. The summed E-state index contributed by atoms with van der Waals surface area (Å²) < 4.78 is 11.2. The number of aryl methyl sites for hydroxylation is 1. The standard InChI is InChI=1S/C16H20N2O2/c1-11-7-14(20-18-11)10-17-9-13-6-4-5-12-8-16(2,3)19-15(12)13/h4-7,17H,8-10H2,1-3H3. The SMILES string of the molecule is Cc1cc(CNCc2cccc3c2OC(C)(C)C3)on1. The van der Waals surface area contributed by atoms with E-state index in [0.717, 1.165) is 30.2 Å². The molecule has 2 heterocycles. The summed E-state index contributed by atoms with van der Waals surface area (Å²) in [5.41, 5.74) is 3.31. The van der Waals surface area contributed by atoms with Gasteiger partial charge in [-0.15, -0.1) is 0 Å². The maximum absolute atomic E-state index is 6.06. The molecule has 0 unspecified atom stereocenters. The van der Waals surface area contributed by atoms with Gasteiger partial charge in [-0.05, 0) is 26.3 Å². The highest BCUT2D eigenvalue weighted by Gasteiger charge is 2.31. The van der Waals surface area contributed by atoms with E-state index in [-0.39, 0.29) is 5.60 Å². The molecule has 3 rings (SSSR count). The second-order valence-electron chi connectivity index (χ2n) is 5.98. The number of nitrogens with zero attached hydrogens (tertiary/aromatic N) is 1. The van der Waals surface area contributed by atoms with Crippen LogP contribution in [0.1, 0.15) is 36.4 Å². The van der Waals surface area contributed by atoms with Gasteiger partial charge in [-0.25, -0.2) is 0 Å². The van der Waals surface area contributed by atoms with Gasteiger partial charge in [-0.2, -0.15) is 0 Å². The molecule has 1 aliphatic rings. The molecule has 4 heteroatoms. The number of fused-ring (bicyclic) bond motifs is 1. The normalized spacial score (nSPS) is 15.9. The zero-order valence-electron chi connectivity index (χ0n) is 12.2. The highest BCUT2D eigenvalue weighted by Crippen LogP contribution is 2.37. The van der Waals surface area contributed by atoms with Crippen LogP contribution in [0.4, 0.5) is 0 Å². The molecule has 1 aliphatic heterocycles. The number of hydrogen-bond donors (Lipinski definition) is 1. The van der Waals surface area contributed by atoms with Gasteiger partial charge in [0.2, 0.25) is 0 Å². The Balaban J connectivity index is 1.66. The zero-order valence-corrected chi connectivity index (χ0v) is 12.2. The third kappa shape index (κ3) is 2.70. The molecule has 0 saturated heterocycles. The topological polar surface area (TPSA) is 47.3 Å². The number of ether oxygens (including phenoxy) is 1. The van der Waals surface area contributed by atoms with Crippen molar-refractivity contribution in [3.63, 3.8) is 0 Å². The van der Waals surface area contributed by atoms with E-state index in [1.165, 1.54) is 11.1 Å². The zero-order chi connectivity index (χ0) is 14.2. The van der Waals surface area contributed by atoms with Crippen molar-refractivity contribution < 1.29 is 9.26 Å². The van der Waals surface area contributed by atoms with Crippen LogP contribution in [0.15, 0.2) is 28.8 Å². The van der Waals surface area contributed by atoms with Gasteiger partial charge in [0.05, 0.1) is 12.2 Å². The van der Waals surface area contributed by atoms with Crippen molar-refractivity contribution >= 4 is 0 Å². The maximum atomic E-state index is 6.06. The van der Waals surface area contributed by atoms with Crippen LogP contribution >= 0.6 is 0 Å². The Morgan fingerprint density at radius 2 is 2.15 bits per heavy atom. The fourth-order valence-electron chi connectivity index (χ4n) is 2.64. The van der Waals surface area contributed by atoms with Gasteiger partial charge in [0.15, 0.2) is 5.76 Å². The summed E-state index contributed by atoms with van der Waals surface area (Å²) in [6.07, 6.45) is 0.970. The first-order valence-electron chi connectivity index (χ1n) is 6.96. The van der Waals surface area contributed by atoms with Crippen molar-refractivity contribution in [2.45, 2.75) is 45.9 Å². The van der Waals surface area contributed by atoms with Crippen molar-refractivity contribution in [1.82, 2.24) is 10.5 Å². The molecule has 1 aromatic carbocycles. The van der Waals surface area contributed by atoms with Gasteiger partial charge >= 0.3 is 0 Å². The van der Waals surface area contributed by atoms with E-state index in [4.69, 9.17) is 9.26 Å². The lowest BCUT2D eigenvalue weighted by atomic mass is 10.0. The summed E-state index contributed by atoms with van der Waals surface area (Å²) in [5.74, 6) is 1.90. The maximum Gasteiger partial charge on any atom is 0.150 e. The predicted molar refractivity (Wildman–Crippen MR) is 76.6 cm³/mol. The summed E-state index contributed by atoms with van der Waals surface area (Å²) in [7, 11) is 0. The lowest BCUT2D eigenvalue weighted by Gasteiger charge is -2.18. The van der Waals surface area contributed by atoms with Gasteiger partial charge in [-0.1, -0.05) is 23.4 Å². The third-order valence-corrected chi connectivity index (χ3v) is 3.46. The Kier molecular flexibility index (Phi) is 3.26. The molecule has 1 N–H and O–H groups in total. The van der Waals surface area contributed by atoms with Crippen LogP contribution in [-0.4, -0.2) is 10.8 Å². The molecule has 4 nitrogen and oxygen atoms in total.